The van der Waals surface area contributed by atoms with E-state index in [2.05, 4.69) is 9.97 Å². The number of nitrogens with one attached hydrogen (secondary N) is 1. The molecular formula is C22H19N3O2S. The van der Waals surface area contributed by atoms with Gasteiger partial charge in [-0.1, -0.05) is 48.5 Å². The topological polar surface area (TPSA) is 66.1 Å². The Labute approximate surface area is 166 Å². The van der Waals surface area contributed by atoms with Crippen LogP contribution in [-0.2, 0) is 6.54 Å². The molecule has 1 N–H and O–H groups in total. The normalized spacial score (nSPS) is 10.9. The highest BCUT2D eigenvalue weighted by molar-refractivity contribution is 7.20. The zero-order chi connectivity index (χ0) is 19.7. The zero-order valence-electron chi connectivity index (χ0n) is 15.6. The van der Waals surface area contributed by atoms with E-state index in [1.807, 2.05) is 67.6 Å². The number of aromatic nitrogens is 2. The van der Waals surface area contributed by atoms with Gasteiger partial charge in [-0.25, -0.2) is 4.98 Å². The predicted molar refractivity (Wildman–Crippen MR) is 113 cm³/mol. The van der Waals surface area contributed by atoms with Crippen molar-refractivity contribution in [2.75, 3.05) is 4.90 Å². The van der Waals surface area contributed by atoms with Crippen LogP contribution in [0.15, 0.2) is 65.5 Å². The Hall–Kier alpha value is -3.25. The van der Waals surface area contributed by atoms with Crippen LogP contribution in [0, 0.1) is 13.8 Å². The van der Waals surface area contributed by atoms with Crippen LogP contribution in [0.25, 0.3) is 10.2 Å². The molecule has 1 amide bonds. The Morgan fingerprint density at radius 3 is 2.36 bits per heavy atom. The summed E-state index contributed by atoms with van der Waals surface area (Å²) in [6.45, 7) is 3.99. The molecule has 2 aromatic carbocycles. The summed E-state index contributed by atoms with van der Waals surface area (Å²) in [6.07, 6.45) is 0. The summed E-state index contributed by atoms with van der Waals surface area (Å²) in [6, 6.07) is 19.4. The van der Waals surface area contributed by atoms with E-state index in [1.54, 1.807) is 11.8 Å². The highest BCUT2D eigenvalue weighted by Gasteiger charge is 2.24. The summed E-state index contributed by atoms with van der Waals surface area (Å²) in [7, 11) is 0. The third-order valence-electron chi connectivity index (χ3n) is 4.61. The first-order chi connectivity index (χ1) is 13.5. The van der Waals surface area contributed by atoms with Gasteiger partial charge in [0.2, 0.25) is 0 Å². The maximum absolute atomic E-state index is 13.5. The zero-order valence-corrected chi connectivity index (χ0v) is 16.4. The number of anilines is 1. The number of fused-ring (bicyclic) bond motifs is 1. The minimum Gasteiger partial charge on any atom is -0.310 e. The van der Waals surface area contributed by atoms with Crippen LogP contribution in [0.5, 0.6) is 0 Å². The summed E-state index contributed by atoms with van der Waals surface area (Å²) in [5.74, 6) is 0.412. The Morgan fingerprint density at radius 2 is 1.68 bits per heavy atom. The lowest BCUT2D eigenvalue weighted by molar-refractivity contribution is 0.0988. The molecule has 4 aromatic rings. The van der Waals surface area contributed by atoms with Crippen molar-refractivity contribution >= 4 is 33.1 Å². The van der Waals surface area contributed by atoms with E-state index in [0.29, 0.717) is 33.0 Å². The van der Waals surface area contributed by atoms with Crippen molar-refractivity contribution in [1.29, 1.82) is 0 Å². The average Bonchev–Trinajstić information content (AvgIpc) is 3.03. The van der Waals surface area contributed by atoms with Crippen molar-refractivity contribution in [2.24, 2.45) is 0 Å². The second-order valence-electron chi connectivity index (χ2n) is 6.60. The molecular weight excluding hydrogens is 370 g/mol. The van der Waals surface area contributed by atoms with E-state index < -0.39 is 0 Å². The lowest BCUT2D eigenvalue weighted by atomic mass is 10.1. The molecule has 2 aromatic heterocycles. The van der Waals surface area contributed by atoms with Crippen molar-refractivity contribution in [1.82, 2.24) is 9.97 Å². The summed E-state index contributed by atoms with van der Waals surface area (Å²) in [5, 5.41) is 0.492. The van der Waals surface area contributed by atoms with E-state index in [4.69, 9.17) is 0 Å². The van der Waals surface area contributed by atoms with E-state index in [9.17, 15) is 9.59 Å². The number of H-pyrrole nitrogens is 1. The maximum atomic E-state index is 13.5. The quantitative estimate of drug-likeness (QED) is 0.561. The van der Waals surface area contributed by atoms with Crippen LogP contribution in [0.1, 0.15) is 26.6 Å². The summed E-state index contributed by atoms with van der Waals surface area (Å²) in [5.41, 5.74) is 2.31. The smallest absolute Gasteiger partial charge is 0.269 e. The minimum absolute atomic E-state index is 0.132. The van der Waals surface area contributed by atoms with Gasteiger partial charge in [-0.3, -0.25) is 9.59 Å². The molecule has 0 atom stereocenters. The number of hydrogen-bond donors (Lipinski definition) is 1. The first kappa shape index (κ1) is 18.1. The summed E-state index contributed by atoms with van der Waals surface area (Å²) in [4.78, 5) is 35.9. The maximum Gasteiger partial charge on any atom is 0.269 e. The van der Waals surface area contributed by atoms with E-state index in [-0.39, 0.29) is 11.5 Å². The van der Waals surface area contributed by atoms with Gasteiger partial charge in [0, 0.05) is 5.69 Å². The predicted octanol–water partition coefficient (Wildman–Crippen LogP) is 4.45. The van der Waals surface area contributed by atoms with Crippen molar-refractivity contribution in [3.63, 3.8) is 0 Å². The number of carbonyl (C=O) groups excluding carboxylic acids is 1. The molecule has 0 aliphatic carbocycles. The molecule has 4 rings (SSSR count). The van der Waals surface area contributed by atoms with Gasteiger partial charge in [0.15, 0.2) is 0 Å². The first-order valence-corrected chi connectivity index (χ1v) is 9.77. The van der Waals surface area contributed by atoms with E-state index in [1.165, 1.54) is 11.3 Å². The van der Waals surface area contributed by atoms with Crippen molar-refractivity contribution < 1.29 is 4.79 Å². The lowest BCUT2D eigenvalue weighted by Crippen LogP contribution is -2.30. The van der Waals surface area contributed by atoms with Crippen LogP contribution in [0.4, 0.5) is 5.69 Å². The molecule has 2 heterocycles. The number of carbonyl (C=O) groups is 1. The number of aryl methyl sites for hydroxylation is 2. The third-order valence-corrected chi connectivity index (χ3v) is 5.78. The van der Waals surface area contributed by atoms with Gasteiger partial charge < -0.3 is 9.88 Å². The standard InChI is InChI=1S/C22H19N3O2S/c1-14-18-20(26)23-15(2)24-21(18)28-19(14)22(27)25(17-11-7-4-8-12-17)13-16-9-5-3-6-10-16/h3-12H,13H2,1-2H3,(H,23,24,26). The summed E-state index contributed by atoms with van der Waals surface area (Å²) >= 11 is 1.27. The molecule has 0 radical (unpaired) electrons. The fourth-order valence-corrected chi connectivity index (χ4v) is 4.41. The van der Waals surface area contributed by atoms with Crippen LogP contribution in [0.2, 0.25) is 0 Å². The first-order valence-electron chi connectivity index (χ1n) is 8.95. The molecule has 140 valence electrons. The average molecular weight is 389 g/mol. The number of aromatic amines is 1. The number of para-hydroxylation sites is 1. The fourth-order valence-electron chi connectivity index (χ4n) is 3.23. The third kappa shape index (κ3) is 3.34. The Morgan fingerprint density at radius 1 is 1.04 bits per heavy atom. The van der Waals surface area contributed by atoms with Gasteiger partial charge in [0.1, 0.15) is 10.7 Å². The minimum atomic E-state index is -0.204. The number of benzene rings is 2. The van der Waals surface area contributed by atoms with Gasteiger partial charge in [0.25, 0.3) is 11.5 Å². The monoisotopic (exact) mass is 389 g/mol. The molecule has 0 saturated heterocycles. The molecule has 0 fully saturated rings. The SMILES string of the molecule is Cc1nc2sc(C(=O)N(Cc3ccccc3)c3ccccc3)c(C)c2c(=O)[nH]1. The van der Waals surface area contributed by atoms with Gasteiger partial charge in [-0.05, 0) is 37.1 Å². The molecule has 6 heteroatoms. The Bertz CT molecular complexity index is 1200. The molecule has 0 bridgehead atoms. The van der Waals surface area contributed by atoms with Gasteiger partial charge in [0.05, 0.1) is 16.8 Å². The molecule has 0 aliphatic heterocycles. The van der Waals surface area contributed by atoms with Crippen molar-refractivity contribution in [3.8, 4) is 0 Å². The highest BCUT2D eigenvalue weighted by Crippen LogP contribution is 2.30. The number of amides is 1. The Kier molecular flexibility index (Phi) is 4.79. The molecule has 0 unspecified atom stereocenters. The van der Waals surface area contributed by atoms with Crippen LogP contribution in [0.3, 0.4) is 0 Å². The van der Waals surface area contributed by atoms with E-state index in [0.717, 1.165) is 11.3 Å². The van der Waals surface area contributed by atoms with Gasteiger partial charge in [-0.15, -0.1) is 11.3 Å². The van der Waals surface area contributed by atoms with Gasteiger partial charge >= 0.3 is 0 Å². The van der Waals surface area contributed by atoms with E-state index >= 15 is 0 Å². The summed E-state index contributed by atoms with van der Waals surface area (Å²) < 4.78 is 0. The number of hydrogen-bond acceptors (Lipinski definition) is 4. The second-order valence-corrected chi connectivity index (χ2v) is 7.60. The largest absolute Gasteiger partial charge is 0.310 e. The molecule has 0 saturated carbocycles. The van der Waals surface area contributed by atoms with Crippen molar-refractivity contribution in [2.45, 2.75) is 20.4 Å². The lowest BCUT2D eigenvalue weighted by Gasteiger charge is -2.23. The number of thiophene rings is 1. The number of rotatable bonds is 4. The van der Waals surface area contributed by atoms with Crippen molar-refractivity contribution in [3.05, 3.63) is 92.8 Å². The molecule has 0 aliphatic rings. The highest BCUT2D eigenvalue weighted by atomic mass is 32.1. The molecule has 5 nitrogen and oxygen atoms in total. The molecule has 28 heavy (non-hydrogen) atoms. The second kappa shape index (κ2) is 7.40. The number of nitrogens with zero attached hydrogens (tertiary/aromatic N) is 2. The van der Waals surface area contributed by atoms with Crippen LogP contribution >= 0.6 is 11.3 Å². The van der Waals surface area contributed by atoms with Crippen LogP contribution < -0.4 is 10.5 Å². The fraction of sp³-hybridized carbons (Fsp3) is 0.136. The molecule has 0 spiro atoms. The Balaban J connectivity index is 1.82. The van der Waals surface area contributed by atoms with Gasteiger partial charge in [-0.2, -0.15) is 0 Å². The van der Waals surface area contributed by atoms with Crippen LogP contribution in [-0.4, -0.2) is 15.9 Å².